The summed E-state index contributed by atoms with van der Waals surface area (Å²) in [6.45, 7) is 6.53. The molecule has 2 atom stereocenters. The van der Waals surface area contributed by atoms with Crippen molar-refractivity contribution in [1.29, 1.82) is 0 Å². The van der Waals surface area contributed by atoms with E-state index in [-0.39, 0.29) is 36.3 Å². The molecule has 1 aliphatic heterocycles. The lowest BCUT2D eigenvalue weighted by Gasteiger charge is -2.37. The number of aliphatic hydroxyl groups is 1. The lowest BCUT2D eigenvalue weighted by Crippen LogP contribution is -2.53. The highest BCUT2D eigenvalue weighted by atomic mass is 19.1. The second-order valence-corrected chi connectivity index (χ2v) is 12.2. The summed E-state index contributed by atoms with van der Waals surface area (Å²) < 4.78 is 17.0. The predicted octanol–water partition coefficient (Wildman–Crippen LogP) is 3.17. The van der Waals surface area contributed by atoms with E-state index >= 15 is 4.39 Å². The maximum atomic E-state index is 15.4. The minimum absolute atomic E-state index is 0.0360. The van der Waals surface area contributed by atoms with Crippen molar-refractivity contribution in [3.05, 3.63) is 47.5 Å². The van der Waals surface area contributed by atoms with Crippen LogP contribution in [-0.4, -0.2) is 74.2 Å². The van der Waals surface area contributed by atoms with Gasteiger partial charge in [0.1, 0.15) is 23.6 Å². The van der Waals surface area contributed by atoms with Crippen LogP contribution in [0.15, 0.2) is 30.5 Å². The number of aromatic nitrogens is 2. The quantitative estimate of drug-likeness (QED) is 0.307. The van der Waals surface area contributed by atoms with E-state index in [0.717, 1.165) is 32.1 Å². The zero-order valence-electron chi connectivity index (χ0n) is 25.9. The van der Waals surface area contributed by atoms with Gasteiger partial charge < -0.3 is 26.0 Å². The zero-order valence-corrected chi connectivity index (χ0v) is 25.9. The molecule has 44 heavy (non-hydrogen) atoms. The number of piperidine rings is 1. The number of rotatable bonds is 11. The smallest absolute Gasteiger partial charge is 0.270 e. The molecule has 11 nitrogen and oxygen atoms in total. The zero-order chi connectivity index (χ0) is 31.9. The van der Waals surface area contributed by atoms with E-state index in [4.69, 9.17) is 0 Å². The monoisotopic (exact) mass is 612 g/mol. The van der Waals surface area contributed by atoms with Crippen LogP contribution in [0.3, 0.4) is 0 Å². The topological polar surface area (TPSA) is 146 Å². The first-order valence-corrected chi connectivity index (χ1v) is 15.7. The number of aryl methyl sites for hydroxylation is 1. The highest BCUT2D eigenvalue weighted by Crippen LogP contribution is 2.28. The Morgan fingerprint density at radius 3 is 2.41 bits per heavy atom. The maximum absolute atomic E-state index is 15.4. The summed E-state index contributed by atoms with van der Waals surface area (Å²) in [4.78, 5) is 53.8. The molecule has 1 aromatic carbocycles. The van der Waals surface area contributed by atoms with E-state index in [1.54, 1.807) is 35.6 Å². The molecule has 0 radical (unpaired) electrons. The van der Waals surface area contributed by atoms with E-state index in [1.165, 1.54) is 18.3 Å². The molecule has 1 saturated carbocycles. The lowest BCUT2D eigenvalue weighted by molar-refractivity contribution is -0.139. The Bertz CT molecular complexity index is 1330. The van der Waals surface area contributed by atoms with Gasteiger partial charge in [-0.05, 0) is 69.2 Å². The highest BCUT2D eigenvalue weighted by molar-refractivity contribution is 6.00. The minimum atomic E-state index is -0.896. The number of hydrogen-bond donors (Lipinski definition) is 4. The summed E-state index contributed by atoms with van der Waals surface area (Å²) in [6.07, 6.45) is 7.18. The molecule has 2 unspecified atom stereocenters. The third kappa shape index (κ3) is 8.43. The molecule has 2 heterocycles. The average Bonchev–Trinajstić information content (AvgIpc) is 3.50. The molecule has 4 amide bonds. The summed E-state index contributed by atoms with van der Waals surface area (Å²) >= 11 is 0. The Kier molecular flexibility index (Phi) is 11.1. The second-order valence-electron chi connectivity index (χ2n) is 12.2. The summed E-state index contributed by atoms with van der Waals surface area (Å²) in [5, 5.41) is 22.7. The van der Waals surface area contributed by atoms with Gasteiger partial charge >= 0.3 is 0 Å². The SMILES string of the molecule is CCC(=O)NC(Cc1ccc(NC(=O)C(NC(=O)c2ccnn2CC)C2CCCCC2)c(F)c1)C(=O)N1CCC(C)(O)CC1. The fraction of sp³-hybridized carbons (Fsp3) is 0.594. The molecular formula is C32H45FN6O5. The molecule has 1 aliphatic carbocycles. The van der Waals surface area contributed by atoms with Gasteiger partial charge in [-0.3, -0.25) is 23.9 Å². The van der Waals surface area contributed by atoms with Gasteiger partial charge in [-0.25, -0.2) is 4.39 Å². The molecule has 0 spiro atoms. The van der Waals surface area contributed by atoms with E-state index in [9.17, 15) is 24.3 Å². The van der Waals surface area contributed by atoms with Crippen LogP contribution in [0.4, 0.5) is 10.1 Å². The van der Waals surface area contributed by atoms with E-state index in [0.29, 0.717) is 43.7 Å². The largest absolute Gasteiger partial charge is 0.390 e. The van der Waals surface area contributed by atoms with Crippen LogP contribution in [0.25, 0.3) is 0 Å². The Morgan fingerprint density at radius 1 is 1.07 bits per heavy atom. The molecule has 4 rings (SSSR count). The van der Waals surface area contributed by atoms with Crippen LogP contribution in [0.2, 0.25) is 0 Å². The number of carbonyl (C=O) groups is 4. The number of anilines is 1. The molecule has 0 bridgehead atoms. The first kappa shape index (κ1) is 33.1. The maximum Gasteiger partial charge on any atom is 0.270 e. The van der Waals surface area contributed by atoms with E-state index < -0.39 is 35.3 Å². The Morgan fingerprint density at radius 2 is 1.77 bits per heavy atom. The van der Waals surface area contributed by atoms with Crippen LogP contribution in [-0.2, 0) is 27.3 Å². The van der Waals surface area contributed by atoms with Crippen molar-refractivity contribution in [3.63, 3.8) is 0 Å². The number of nitrogens with one attached hydrogen (secondary N) is 3. The minimum Gasteiger partial charge on any atom is -0.390 e. The van der Waals surface area contributed by atoms with E-state index in [1.807, 2.05) is 6.92 Å². The lowest BCUT2D eigenvalue weighted by atomic mass is 9.83. The van der Waals surface area contributed by atoms with Gasteiger partial charge in [0.2, 0.25) is 17.7 Å². The first-order valence-electron chi connectivity index (χ1n) is 15.7. The second kappa shape index (κ2) is 14.8. The first-order chi connectivity index (χ1) is 21.0. The number of halogens is 1. The molecule has 2 fully saturated rings. The average molecular weight is 613 g/mol. The Balaban J connectivity index is 1.47. The van der Waals surface area contributed by atoms with Crippen molar-refractivity contribution in [2.24, 2.45) is 5.92 Å². The summed E-state index contributed by atoms with van der Waals surface area (Å²) in [6, 6.07) is 4.17. The summed E-state index contributed by atoms with van der Waals surface area (Å²) in [5.74, 6) is -2.25. The van der Waals surface area contributed by atoms with E-state index in [2.05, 4.69) is 21.0 Å². The van der Waals surface area contributed by atoms with Crippen LogP contribution in [0, 0.1) is 11.7 Å². The molecule has 1 aromatic heterocycles. The number of nitrogens with zero attached hydrogens (tertiary/aromatic N) is 3. The number of amides is 4. The fourth-order valence-corrected chi connectivity index (χ4v) is 6.02. The Hall–Kier alpha value is -3.80. The predicted molar refractivity (Wildman–Crippen MR) is 163 cm³/mol. The van der Waals surface area contributed by atoms with Crippen molar-refractivity contribution in [1.82, 2.24) is 25.3 Å². The number of likely N-dealkylation sites (tertiary alicyclic amines) is 1. The van der Waals surface area contributed by atoms with Crippen molar-refractivity contribution in [2.45, 2.75) is 103 Å². The van der Waals surface area contributed by atoms with Crippen molar-refractivity contribution < 1.29 is 28.7 Å². The van der Waals surface area contributed by atoms with Gasteiger partial charge in [0.25, 0.3) is 5.91 Å². The Labute approximate surface area is 257 Å². The highest BCUT2D eigenvalue weighted by Gasteiger charge is 2.34. The van der Waals surface area contributed by atoms with Gasteiger partial charge in [-0.2, -0.15) is 5.10 Å². The molecule has 2 aromatic rings. The molecule has 240 valence electrons. The van der Waals surface area contributed by atoms with Crippen LogP contribution in [0.1, 0.15) is 88.2 Å². The number of carbonyl (C=O) groups excluding carboxylic acids is 4. The van der Waals surface area contributed by atoms with Crippen LogP contribution in [0.5, 0.6) is 0 Å². The standard InChI is InChI=1S/C32H45FN6O5/c1-4-27(40)35-25(31(43)38-17-14-32(3,44)15-18-38)20-21-11-12-24(23(33)19-21)36-30(42)28(22-9-7-6-8-10-22)37-29(41)26-13-16-34-39(26)5-2/h11-13,16,19,22,25,28,44H,4-10,14-15,17-18,20H2,1-3H3,(H,35,40)(H,36,42)(H,37,41). The third-order valence-corrected chi connectivity index (χ3v) is 8.78. The summed E-state index contributed by atoms with van der Waals surface area (Å²) in [5.41, 5.74) is -0.0414. The normalized spacial score (nSPS) is 18.2. The molecule has 2 aliphatic rings. The van der Waals surface area contributed by atoms with Gasteiger partial charge in [0, 0.05) is 38.7 Å². The van der Waals surface area contributed by atoms with Crippen LogP contribution >= 0.6 is 0 Å². The third-order valence-electron chi connectivity index (χ3n) is 8.78. The van der Waals surface area contributed by atoms with Gasteiger partial charge in [0.05, 0.1) is 11.3 Å². The molecule has 4 N–H and O–H groups in total. The van der Waals surface area contributed by atoms with Crippen molar-refractivity contribution in [3.8, 4) is 0 Å². The number of benzene rings is 1. The molecular weight excluding hydrogens is 567 g/mol. The molecule has 1 saturated heterocycles. The van der Waals surface area contributed by atoms with Crippen molar-refractivity contribution >= 4 is 29.3 Å². The number of hydrogen-bond acceptors (Lipinski definition) is 6. The van der Waals surface area contributed by atoms with Crippen LogP contribution < -0.4 is 16.0 Å². The fourth-order valence-electron chi connectivity index (χ4n) is 6.02. The van der Waals surface area contributed by atoms with Gasteiger partial charge in [-0.15, -0.1) is 0 Å². The van der Waals surface area contributed by atoms with Crippen molar-refractivity contribution in [2.75, 3.05) is 18.4 Å². The van der Waals surface area contributed by atoms with Gasteiger partial charge in [-0.1, -0.05) is 32.3 Å². The summed E-state index contributed by atoms with van der Waals surface area (Å²) in [7, 11) is 0. The molecule has 12 heteroatoms. The van der Waals surface area contributed by atoms with Gasteiger partial charge in [0.15, 0.2) is 0 Å².